The fourth-order valence-corrected chi connectivity index (χ4v) is 3.06. The molecule has 0 N–H and O–H groups in total. The molecule has 0 atom stereocenters. The summed E-state index contributed by atoms with van der Waals surface area (Å²) >= 11 is 0. The maximum absolute atomic E-state index is 12.8. The molecule has 2 aliphatic rings. The number of fused-ring (bicyclic) bond motifs is 2. The summed E-state index contributed by atoms with van der Waals surface area (Å²) in [6.07, 6.45) is 4.74. The molecule has 0 saturated carbocycles. The summed E-state index contributed by atoms with van der Waals surface area (Å²) in [6, 6.07) is 13.7. The van der Waals surface area contributed by atoms with Crippen LogP contribution in [0, 0.1) is 0 Å². The predicted octanol–water partition coefficient (Wildman–Crippen LogP) is 4.02. The molecule has 1 heterocycles. The summed E-state index contributed by atoms with van der Waals surface area (Å²) in [5, 5.41) is 0. The number of ketones is 1. The Labute approximate surface area is 129 Å². The quantitative estimate of drug-likeness (QED) is 0.588. The van der Waals surface area contributed by atoms with Crippen LogP contribution in [0.25, 0.3) is 6.08 Å². The van der Waals surface area contributed by atoms with Gasteiger partial charge in [-0.25, -0.2) is 0 Å². The summed E-state index contributed by atoms with van der Waals surface area (Å²) in [7, 11) is 0. The van der Waals surface area contributed by atoms with Crippen molar-refractivity contribution in [2.24, 2.45) is 0 Å². The van der Waals surface area contributed by atoms with Gasteiger partial charge in [-0.3, -0.25) is 4.79 Å². The van der Waals surface area contributed by atoms with E-state index in [2.05, 4.69) is 6.07 Å². The van der Waals surface area contributed by atoms with Gasteiger partial charge in [-0.05, 0) is 48.6 Å². The number of carbonyl (C=O) groups is 1. The van der Waals surface area contributed by atoms with Gasteiger partial charge in [0, 0.05) is 11.1 Å². The van der Waals surface area contributed by atoms with Gasteiger partial charge in [-0.2, -0.15) is 0 Å². The third-order valence-corrected chi connectivity index (χ3v) is 4.18. The molecule has 22 heavy (non-hydrogen) atoms. The van der Waals surface area contributed by atoms with E-state index in [9.17, 15) is 4.79 Å². The fourth-order valence-electron chi connectivity index (χ4n) is 3.06. The highest BCUT2D eigenvalue weighted by Crippen LogP contribution is 2.34. The molecule has 0 fully saturated rings. The SMILES string of the molecule is O=C1C(=Cc2ccc3c(c2)OCO3)CCCc2ccccc21. The molecule has 0 bridgehead atoms. The summed E-state index contributed by atoms with van der Waals surface area (Å²) in [4.78, 5) is 12.8. The van der Waals surface area contributed by atoms with Crippen LogP contribution in [0.4, 0.5) is 0 Å². The zero-order valence-electron chi connectivity index (χ0n) is 12.2. The van der Waals surface area contributed by atoms with Crippen molar-refractivity contribution in [3.05, 3.63) is 64.7 Å². The van der Waals surface area contributed by atoms with Crippen molar-refractivity contribution in [3.8, 4) is 11.5 Å². The van der Waals surface area contributed by atoms with Gasteiger partial charge in [0.05, 0.1) is 0 Å². The monoisotopic (exact) mass is 292 g/mol. The van der Waals surface area contributed by atoms with Gasteiger partial charge in [-0.1, -0.05) is 30.3 Å². The predicted molar refractivity (Wildman–Crippen MR) is 84.3 cm³/mol. The molecule has 0 spiro atoms. The Balaban J connectivity index is 1.71. The molecule has 2 aromatic rings. The maximum atomic E-state index is 12.8. The van der Waals surface area contributed by atoms with Crippen LogP contribution in [0.1, 0.15) is 34.3 Å². The van der Waals surface area contributed by atoms with Gasteiger partial charge >= 0.3 is 0 Å². The van der Waals surface area contributed by atoms with Gasteiger partial charge in [0.25, 0.3) is 0 Å². The van der Waals surface area contributed by atoms with Crippen molar-refractivity contribution in [3.63, 3.8) is 0 Å². The van der Waals surface area contributed by atoms with Gasteiger partial charge in [0.15, 0.2) is 17.3 Å². The molecule has 0 unspecified atom stereocenters. The van der Waals surface area contributed by atoms with E-state index in [4.69, 9.17) is 9.47 Å². The highest BCUT2D eigenvalue weighted by atomic mass is 16.7. The molecule has 4 rings (SSSR count). The third kappa shape index (κ3) is 2.29. The number of hydrogen-bond donors (Lipinski definition) is 0. The van der Waals surface area contributed by atoms with Crippen LogP contribution in [0.2, 0.25) is 0 Å². The second kappa shape index (κ2) is 5.34. The number of ether oxygens (including phenoxy) is 2. The zero-order chi connectivity index (χ0) is 14.9. The largest absolute Gasteiger partial charge is 0.454 e. The number of rotatable bonds is 1. The van der Waals surface area contributed by atoms with Crippen LogP contribution in [-0.4, -0.2) is 12.6 Å². The van der Waals surface area contributed by atoms with Crippen LogP contribution in [0.3, 0.4) is 0 Å². The van der Waals surface area contributed by atoms with Crippen molar-refractivity contribution in [1.29, 1.82) is 0 Å². The average molecular weight is 292 g/mol. The lowest BCUT2D eigenvalue weighted by molar-refractivity contribution is 0.103. The maximum Gasteiger partial charge on any atom is 0.231 e. The zero-order valence-corrected chi connectivity index (χ0v) is 12.2. The summed E-state index contributed by atoms with van der Waals surface area (Å²) in [5.74, 6) is 1.65. The van der Waals surface area contributed by atoms with Gasteiger partial charge < -0.3 is 9.47 Å². The van der Waals surface area contributed by atoms with E-state index in [1.54, 1.807) is 0 Å². The molecular formula is C19H16O3. The first-order valence-corrected chi connectivity index (χ1v) is 7.54. The molecule has 1 aliphatic carbocycles. The molecule has 3 heteroatoms. The first-order valence-electron chi connectivity index (χ1n) is 7.54. The fraction of sp³-hybridized carbons (Fsp3) is 0.211. The minimum absolute atomic E-state index is 0.144. The van der Waals surface area contributed by atoms with E-state index in [-0.39, 0.29) is 12.6 Å². The second-order valence-electron chi connectivity index (χ2n) is 5.62. The second-order valence-corrected chi connectivity index (χ2v) is 5.62. The highest BCUT2D eigenvalue weighted by molar-refractivity contribution is 6.12. The number of allylic oxidation sites excluding steroid dienone is 1. The third-order valence-electron chi connectivity index (χ3n) is 4.18. The minimum Gasteiger partial charge on any atom is -0.454 e. The van der Waals surface area contributed by atoms with Crippen molar-refractivity contribution in [2.75, 3.05) is 6.79 Å². The van der Waals surface area contributed by atoms with Crippen LogP contribution < -0.4 is 9.47 Å². The standard InChI is InChI=1S/C19H16O3/c20-19-15(6-3-5-14-4-1-2-7-16(14)19)10-13-8-9-17-18(11-13)22-12-21-17/h1-2,4,7-11H,3,5-6,12H2. The lowest BCUT2D eigenvalue weighted by Gasteiger charge is -2.05. The van der Waals surface area contributed by atoms with Gasteiger partial charge in [-0.15, -0.1) is 0 Å². The van der Waals surface area contributed by atoms with Crippen molar-refractivity contribution in [1.82, 2.24) is 0 Å². The molecule has 0 aromatic heterocycles. The normalized spacial score (nSPS) is 18.2. The Bertz CT molecular complexity index is 774. The Morgan fingerprint density at radius 2 is 1.82 bits per heavy atom. The highest BCUT2D eigenvalue weighted by Gasteiger charge is 2.20. The number of hydrogen-bond acceptors (Lipinski definition) is 3. The van der Waals surface area contributed by atoms with E-state index in [1.165, 1.54) is 0 Å². The summed E-state index contributed by atoms with van der Waals surface area (Å²) < 4.78 is 10.7. The first kappa shape index (κ1) is 13.1. The summed E-state index contributed by atoms with van der Waals surface area (Å²) in [6.45, 7) is 0.266. The first-order chi connectivity index (χ1) is 10.8. The average Bonchev–Trinajstić information content (AvgIpc) is 2.95. The lowest BCUT2D eigenvalue weighted by Crippen LogP contribution is -2.03. The Morgan fingerprint density at radius 3 is 2.77 bits per heavy atom. The van der Waals surface area contributed by atoms with E-state index >= 15 is 0 Å². The lowest BCUT2D eigenvalue weighted by atomic mass is 9.98. The number of carbonyl (C=O) groups excluding carboxylic acids is 1. The molecule has 1 aliphatic heterocycles. The molecule has 110 valence electrons. The minimum atomic E-state index is 0.144. The van der Waals surface area contributed by atoms with Crippen LogP contribution in [0.15, 0.2) is 48.0 Å². The molecule has 3 nitrogen and oxygen atoms in total. The van der Waals surface area contributed by atoms with Crippen molar-refractivity contribution >= 4 is 11.9 Å². The van der Waals surface area contributed by atoms with E-state index in [0.29, 0.717) is 0 Å². The molecule has 0 amide bonds. The van der Waals surface area contributed by atoms with Crippen molar-refractivity contribution in [2.45, 2.75) is 19.3 Å². The van der Waals surface area contributed by atoms with Crippen LogP contribution in [-0.2, 0) is 6.42 Å². The smallest absolute Gasteiger partial charge is 0.231 e. The van der Waals surface area contributed by atoms with Crippen LogP contribution >= 0.6 is 0 Å². The van der Waals surface area contributed by atoms with Crippen molar-refractivity contribution < 1.29 is 14.3 Å². The van der Waals surface area contributed by atoms with Gasteiger partial charge in [0.2, 0.25) is 6.79 Å². The molecule has 0 radical (unpaired) electrons. The Hall–Kier alpha value is -2.55. The molecule has 0 saturated heterocycles. The van der Waals surface area contributed by atoms with Crippen LogP contribution in [0.5, 0.6) is 11.5 Å². The number of benzene rings is 2. The number of aryl methyl sites for hydroxylation is 1. The Morgan fingerprint density at radius 1 is 0.955 bits per heavy atom. The number of Topliss-reactive ketones (excluding diaryl/α,β-unsaturated/α-hetero) is 1. The van der Waals surface area contributed by atoms with E-state index in [1.807, 2.05) is 42.5 Å². The van der Waals surface area contributed by atoms with E-state index in [0.717, 1.165) is 53.0 Å². The summed E-state index contributed by atoms with van der Waals surface area (Å²) in [5.41, 5.74) is 3.84. The Kier molecular flexibility index (Phi) is 3.19. The van der Waals surface area contributed by atoms with Gasteiger partial charge in [0.1, 0.15) is 0 Å². The van der Waals surface area contributed by atoms with E-state index < -0.39 is 0 Å². The molecular weight excluding hydrogens is 276 g/mol. The topological polar surface area (TPSA) is 35.5 Å². The molecule has 2 aromatic carbocycles.